The quantitative estimate of drug-likeness (QED) is 0.475. The Kier molecular flexibility index (Phi) is 4.52. The minimum atomic E-state index is -0.575. The number of anilines is 1. The molecule has 1 saturated heterocycles. The second-order valence-electron chi connectivity index (χ2n) is 4.84. The van der Waals surface area contributed by atoms with Crippen LogP contribution in [0.5, 0.6) is 0 Å². The van der Waals surface area contributed by atoms with Crippen LogP contribution in [0.25, 0.3) is 0 Å². The zero-order valence-electron chi connectivity index (χ0n) is 11.2. The van der Waals surface area contributed by atoms with Crippen LogP contribution in [0.3, 0.4) is 0 Å². The van der Waals surface area contributed by atoms with E-state index in [9.17, 15) is 14.9 Å². The molecule has 0 radical (unpaired) electrons. The van der Waals surface area contributed by atoms with Gasteiger partial charge in [0.1, 0.15) is 5.56 Å². The van der Waals surface area contributed by atoms with Crippen LogP contribution in [0, 0.1) is 10.1 Å². The highest BCUT2D eigenvalue weighted by Crippen LogP contribution is 2.20. The Hall–Kier alpha value is -2.15. The number of nitro groups is 1. The zero-order valence-corrected chi connectivity index (χ0v) is 11.2. The molecule has 0 atom stereocenters. The van der Waals surface area contributed by atoms with Gasteiger partial charge in [-0.25, -0.2) is 0 Å². The third kappa shape index (κ3) is 3.45. The highest BCUT2D eigenvalue weighted by atomic mass is 16.6. The van der Waals surface area contributed by atoms with E-state index < -0.39 is 10.8 Å². The molecule has 1 aromatic carbocycles. The third-order valence-corrected chi connectivity index (χ3v) is 3.37. The number of likely N-dealkylation sites (tertiary alicyclic amines) is 1. The SMILES string of the molecule is Nc1ccc([N+](=O)[O-])c(C(=O)NCCN2CCCC2)c1. The van der Waals surface area contributed by atoms with E-state index in [4.69, 9.17) is 5.73 Å². The van der Waals surface area contributed by atoms with Crippen LogP contribution >= 0.6 is 0 Å². The van der Waals surface area contributed by atoms with E-state index >= 15 is 0 Å². The normalized spacial score (nSPS) is 15.2. The number of nitrogen functional groups attached to an aromatic ring is 1. The maximum absolute atomic E-state index is 12.0. The Morgan fingerprint density at radius 1 is 1.40 bits per heavy atom. The number of rotatable bonds is 5. The third-order valence-electron chi connectivity index (χ3n) is 3.37. The summed E-state index contributed by atoms with van der Waals surface area (Å²) in [6.07, 6.45) is 2.38. The van der Waals surface area contributed by atoms with Gasteiger partial charge in [-0.3, -0.25) is 14.9 Å². The number of nitrogens with one attached hydrogen (secondary N) is 1. The van der Waals surface area contributed by atoms with Gasteiger partial charge in [0.05, 0.1) is 4.92 Å². The van der Waals surface area contributed by atoms with E-state index in [1.165, 1.54) is 31.0 Å². The van der Waals surface area contributed by atoms with Gasteiger partial charge in [-0.05, 0) is 38.1 Å². The van der Waals surface area contributed by atoms with Crippen molar-refractivity contribution in [3.05, 3.63) is 33.9 Å². The lowest BCUT2D eigenvalue weighted by molar-refractivity contribution is -0.385. The number of nitrogens with two attached hydrogens (primary N) is 1. The van der Waals surface area contributed by atoms with Crippen LogP contribution in [0.4, 0.5) is 11.4 Å². The Balaban J connectivity index is 1.97. The molecule has 1 amide bonds. The van der Waals surface area contributed by atoms with Crippen LogP contribution in [0.15, 0.2) is 18.2 Å². The van der Waals surface area contributed by atoms with Crippen LogP contribution in [0.1, 0.15) is 23.2 Å². The molecule has 7 heteroatoms. The summed E-state index contributed by atoms with van der Waals surface area (Å²) >= 11 is 0. The van der Waals surface area contributed by atoms with Gasteiger partial charge in [-0.15, -0.1) is 0 Å². The first-order chi connectivity index (χ1) is 9.58. The predicted octanol–water partition coefficient (Wildman–Crippen LogP) is 1.00. The maximum atomic E-state index is 12.0. The molecule has 3 N–H and O–H groups in total. The molecule has 1 aromatic rings. The zero-order chi connectivity index (χ0) is 14.5. The number of nitro benzene ring substituents is 1. The fourth-order valence-corrected chi connectivity index (χ4v) is 2.32. The Morgan fingerprint density at radius 3 is 2.75 bits per heavy atom. The molecule has 108 valence electrons. The molecular weight excluding hydrogens is 260 g/mol. The van der Waals surface area contributed by atoms with E-state index in [1.807, 2.05) is 0 Å². The fourth-order valence-electron chi connectivity index (χ4n) is 2.32. The molecule has 1 aliphatic rings. The highest BCUT2D eigenvalue weighted by Gasteiger charge is 2.20. The average Bonchev–Trinajstić information content (AvgIpc) is 2.91. The van der Waals surface area contributed by atoms with Crippen molar-refractivity contribution in [3.8, 4) is 0 Å². The van der Waals surface area contributed by atoms with Gasteiger partial charge in [-0.1, -0.05) is 0 Å². The van der Waals surface area contributed by atoms with Crippen LogP contribution < -0.4 is 11.1 Å². The molecule has 0 spiro atoms. The molecule has 7 nitrogen and oxygen atoms in total. The van der Waals surface area contributed by atoms with Gasteiger partial charge in [0.25, 0.3) is 11.6 Å². The van der Waals surface area contributed by atoms with Crippen molar-refractivity contribution in [2.24, 2.45) is 0 Å². The lowest BCUT2D eigenvalue weighted by atomic mass is 10.1. The smallest absolute Gasteiger partial charge is 0.282 e. The van der Waals surface area contributed by atoms with Crippen molar-refractivity contribution >= 4 is 17.3 Å². The Bertz CT molecular complexity index is 512. The Morgan fingerprint density at radius 2 is 2.10 bits per heavy atom. The molecule has 1 fully saturated rings. The van der Waals surface area contributed by atoms with E-state index in [0.29, 0.717) is 12.2 Å². The first kappa shape index (κ1) is 14.3. The lowest BCUT2D eigenvalue weighted by Gasteiger charge is -2.14. The number of carbonyl (C=O) groups excluding carboxylic acids is 1. The first-order valence-corrected chi connectivity index (χ1v) is 6.62. The van der Waals surface area contributed by atoms with Crippen LogP contribution in [-0.2, 0) is 0 Å². The fraction of sp³-hybridized carbons (Fsp3) is 0.462. The summed E-state index contributed by atoms with van der Waals surface area (Å²) in [5.41, 5.74) is 5.70. The van der Waals surface area contributed by atoms with Gasteiger partial charge in [0.2, 0.25) is 0 Å². The summed E-state index contributed by atoms with van der Waals surface area (Å²) in [6.45, 7) is 3.34. The molecule has 0 bridgehead atoms. The van der Waals surface area contributed by atoms with Crippen molar-refractivity contribution in [3.63, 3.8) is 0 Å². The first-order valence-electron chi connectivity index (χ1n) is 6.62. The summed E-state index contributed by atoms with van der Waals surface area (Å²) in [7, 11) is 0. The summed E-state index contributed by atoms with van der Waals surface area (Å²) in [4.78, 5) is 24.6. The van der Waals surface area contributed by atoms with Crippen molar-refractivity contribution in [1.29, 1.82) is 0 Å². The lowest BCUT2D eigenvalue weighted by Crippen LogP contribution is -2.33. The van der Waals surface area contributed by atoms with E-state index in [1.54, 1.807) is 0 Å². The van der Waals surface area contributed by atoms with E-state index in [0.717, 1.165) is 19.6 Å². The van der Waals surface area contributed by atoms with Gasteiger partial charge in [0, 0.05) is 24.8 Å². The molecular formula is C13H18N4O3. The average molecular weight is 278 g/mol. The minimum absolute atomic E-state index is 0.0106. The summed E-state index contributed by atoms with van der Waals surface area (Å²) in [5, 5.41) is 13.6. The van der Waals surface area contributed by atoms with E-state index in [2.05, 4.69) is 10.2 Å². The summed E-state index contributed by atoms with van der Waals surface area (Å²) in [6, 6.07) is 4.01. The van der Waals surface area contributed by atoms with Crippen molar-refractivity contribution in [2.45, 2.75) is 12.8 Å². The molecule has 2 rings (SSSR count). The van der Waals surface area contributed by atoms with Crippen molar-refractivity contribution < 1.29 is 9.72 Å². The van der Waals surface area contributed by atoms with Gasteiger partial charge >= 0.3 is 0 Å². The number of benzene rings is 1. The van der Waals surface area contributed by atoms with Crippen molar-refractivity contribution in [2.75, 3.05) is 31.9 Å². The number of hydrogen-bond donors (Lipinski definition) is 2. The topological polar surface area (TPSA) is 101 Å². The van der Waals surface area contributed by atoms with Crippen molar-refractivity contribution in [1.82, 2.24) is 10.2 Å². The highest BCUT2D eigenvalue weighted by molar-refractivity contribution is 5.99. The van der Waals surface area contributed by atoms with Gasteiger partial charge in [0.15, 0.2) is 0 Å². The van der Waals surface area contributed by atoms with Gasteiger partial charge in [-0.2, -0.15) is 0 Å². The number of nitrogens with zero attached hydrogens (tertiary/aromatic N) is 2. The Labute approximate surface area is 116 Å². The number of hydrogen-bond acceptors (Lipinski definition) is 5. The van der Waals surface area contributed by atoms with Gasteiger partial charge < -0.3 is 16.0 Å². The molecule has 0 aromatic heterocycles. The largest absolute Gasteiger partial charge is 0.399 e. The summed E-state index contributed by atoms with van der Waals surface area (Å²) < 4.78 is 0. The molecule has 0 aliphatic carbocycles. The van der Waals surface area contributed by atoms with Crippen LogP contribution in [0.2, 0.25) is 0 Å². The molecule has 1 heterocycles. The predicted molar refractivity (Wildman–Crippen MR) is 75.5 cm³/mol. The maximum Gasteiger partial charge on any atom is 0.282 e. The number of carbonyl (C=O) groups is 1. The second kappa shape index (κ2) is 6.33. The molecule has 0 saturated carbocycles. The molecule has 0 unspecified atom stereocenters. The van der Waals surface area contributed by atoms with E-state index in [-0.39, 0.29) is 11.3 Å². The number of amides is 1. The standard InChI is InChI=1S/C13H18N4O3/c14-10-3-4-12(17(19)20)11(9-10)13(18)15-5-8-16-6-1-2-7-16/h3-4,9H,1-2,5-8,14H2,(H,15,18). The molecule has 1 aliphatic heterocycles. The summed E-state index contributed by atoms with van der Waals surface area (Å²) in [5.74, 6) is -0.455. The molecule has 20 heavy (non-hydrogen) atoms. The minimum Gasteiger partial charge on any atom is -0.399 e. The second-order valence-corrected chi connectivity index (χ2v) is 4.84. The monoisotopic (exact) mass is 278 g/mol. The van der Waals surface area contributed by atoms with Crippen LogP contribution in [-0.4, -0.2) is 41.9 Å².